The molecule has 0 aliphatic carbocycles. The van der Waals surface area contributed by atoms with Crippen LogP contribution in [0.5, 0.6) is 0 Å². The number of aromatic nitrogens is 5. The van der Waals surface area contributed by atoms with Crippen molar-refractivity contribution < 1.29 is 4.79 Å². The average Bonchev–Trinajstić information content (AvgIpc) is 3.34. The molecule has 0 saturated heterocycles. The Labute approximate surface area is 187 Å². The van der Waals surface area contributed by atoms with Crippen LogP contribution >= 0.6 is 11.6 Å². The summed E-state index contributed by atoms with van der Waals surface area (Å²) in [6.07, 6.45) is 0.132. The van der Waals surface area contributed by atoms with Gasteiger partial charge in [0.2, 0.25) is 5.91 Å². The smallest absolute Gasteiger partial charge is 0.266 e. The Hall–Kier alpha value is -3.91. The monoisotopic (exact) mass is 446 g/mol. The van der Waals surface area contributed by atoms with E-state index < -0.39 is 0 Å². The molecule has 3 heterocycles. The van der Waals surface area contributed by atoms with E-state index in [4.69, 9.17) is 11.6 Å². The minimum absolute atomic E-state index is 0.132. The fraction of sp³-hybridized carbons (Fsp3) is 0.130. The van der Waals surface area contributed by atoms with Crippen LogP contribution in [0.1, 0.15) is 17.0 Å². The summed E-state index contributed by atoms with van der Waals surface area (Å²) in [5.41, 5.74) is 5.59. The zero-order valence-electron chi connectivity index (χ0n) is 17.4. The van der Waals surface area contributed by atoms with Crippen molar-refractivity contribution in [3.8, 4) is 11.4 Å². The van der Waals surface area contributed by atoms with Crippen LogP contribution in [0.15, 0.2) is 53.3 Å². The molecule has 160 valence electrons. The fourth-order valence-electron chi connectivity index (χ4n) is 3.85. The zero-order valence-corrected chi connectivity index (χ0v) is 18.1. The van der Waals surface area contributed by atoms with Gasteiger partial charge in [0.15, 0.2) is 5.65 Å². The molecule has 0 saturated carbocycles. The van der Waals surface area contributed by atoms with Gasteiger partial charge in [0.05, 0.1) is 22.5 Å². The number of hydrogen-bond donors (Lipinski definition) is 3. The first-order valence-corrected chi connectivity index (χ1v) is 10.4. The molecule has 0 atom stereocenters. The summed E-state index contributed by atoms with van der Waals surface area (Å²) in [7, 11) is 0. The van der Waals surface area contributed by atoms with Crippen LogP contribution in [-0.4, -0.2) is 30.5 Å². The van der Waals surface area contributed by atoms with Gasteiger partial charge in [0.25, 0.3) is 5.56 Å². The third-order valence-electron chi connectivity index (χ3n) is 5.43. The van der Waals surface area contributed by atoms with E-state index in [9.17, 15) is 9.59 Å². The van der Waals surface area contributed by atoms with Crippen molar-refractivity contribution in [1.29, 1.82) is 0 Å². The number of aromatic amines is 2. The van der Waals surface area contributed by atoms with Crippen molar-refractivity contribution in [2.24, 2.45) is 0 Å². The number of imidazole rings is 1. The second-order valence-corrected chi connectivity index (χ2v) is 8.00. The molecule has 0 aliphatic heterocycles. The molecule has 0 unspecified atom stereocenters. The number of nitrogens with one attached hydrogen (secondary N) is 3. The van der Waals surface area contributed by atoms with E-state index in [-0.39, 0.29) is 17.9 Å². The number of rotatable bonds is 4. The van der Waals surface area contributed by atoms with Gasteiger partial charge in [-0.25, -0.2) is 14.5 Å². The summed E-state index contributed by atoms with van der Waals surface area (Å²) >= 11 is 6.28. The molecular formula is C23H19ClN6O2. The number of fused-ring (bicyclic) bond motifs is 2. The van der Waals surface area contributed by atoms with Gasteiger partial charge in [-0.3, -0.25) is 14.7 Å². The lowest BCUT2D eigenvalue weighted by molar-refractivity contribution is -0.115. The van der Waals surface area contributed by atoms with Crippen molar-refractivity contribution in [1.82, 2.24) is 24.6 Å². The number of aryl methyl sites for hydroxylation is 2. The Morgan fingerprint density at radius 2 is 1.94 bits per heavy atom. The zero-order chi connectivity index (χ0) is 22.4. The second-order valence-electron chi connectivity index (χ2n) is 7.60. The molecule has 3 N–H and O–H groups in total. The summed E-state index contributed by atoms with van der Waals surface area (Å²) in [6, 6.07) is 14.4. The summed E-state index contributed by atoms with van der Waals surface area (Å²) in [5.74, 6) is 0.484. The van der Waals surface area contributed by atoms with Crippen LogP contribution in [0.4, 0.5) is 5.69 Å². The SMILES string of the molecule is Cc1nc2cc(=O)[nH]n2c(C)c1CC(=O)Nc1ccc2nc(-c3ccccc3Cl)[nH]c2c1. The van der Waals surface area contributed by atoms with Crippen molar-refractivity contribution >= 4 is 39.9 Å². The maximum Gasteiger partial charge on any atom is 0.266 e. The summed E-state index contributed by atoms with van der Waals surface area (Å²) in [5, 5.41) is 6.24. The third kappa shape index (κ3) is 3.54. The number of carbonyl (C=O) groups is 1. The predicted octanol–water partition coefficient (Wildman–Crippen LogP) is 4.02. The van der Waals surface area contributed by atoms with Crippen LogP contribution in [-0.2, 0) is 11.2 Å². The summed E-state index contributed by atoms with van der Waals surface area (Å²) in [6.45, 7) is 3.69. The molecule has 5 aromatic rings. The standard InChI is InChI=1S/C23H19ClN6O2/c1-12-16(13(2)30-20(25-12)11-22(32)29-30)10-21(31)26-14-7-8-18-19(9-14)28-23(27-18)15-5-3-4-6-17(15)24/h3-9,11H,10H2,1-2H3,(H,26,31)(H,27,28)(H,29,32). The van der Waals surface area contributed by atoms with Crippen molar-refractivity contribution in [2.45, 2.75) is 20.3 Å². The Balaban J connectivity index is 1.40. The van der Waals surface area contributed by atoms with Gasteiger partial charge in [-0.15, -0.1) is 0 Å². The highest BCUT2D eigenvalue weighted by atomic mass is 35.5. The summed E-state index contributed by atoms with van der Waals surface area (Å²) < 4.78 is 1.60. The molecule has 3 aromatic heterocycles. The molecular weight excluding hydrogens is 428 g/mol. The number of halogens is 1. The van der Waals surface area contributed by atoms with Crippen molar-refractivity contribution in [3.63, 3.8) is 0 Å². The Kier molecular flexibility index (Phi) is 4.79. The molecule has 5 rings (SSSR count). The van der Waals surface area contributed by atoms with Gasteiger partial charge in [-0.2, -0.15) is 0 Å². The van der Waals surface area contributed by atoms with E-state index in [1.165, 1.54) is 6.07 Å². The maximum atomic E-state index is 12.8. The van der Waals surface area contributed by atoms with Gasteiger partial charge in [0.1, 0.15) is 5.82 Å². The highest BCUT2D eigenvalue weighted by Crippen LogP contribution is 2.28. The highest BCUT2D eigenvalue weighted by Gasteiger charge is 2.15. The average molecular weight is 447 g/mol. The van der Waals surface area contributed by atoms with E-state index in [1.807, 2.05) is 56.3 Å². The highest BCUT2D eigenvalue weighted by molar-refractivity contribution is 6.33. The van der Waals surface area contributed by atoms with Gasteiger partial charge in [-0.05, 0) is 44.2 Å². The number of amides is 1. The topological polar surface area (TPSA) is 108 Å². The Morgan fingerprint density at radius 1 is 1.12 bits per heavy atom. The van der Waals surface area contributed by atoms with Crippen LogP contribution in [0.3, 0.4) is 0 Å². The lowest BCUT2D eigenvalue weighted by Crippen LogP contribution is -2.17. The number of benzene rings is 2. The molecule has 32 heavy (non-hydrogen) atoms. The first-order chi connectivity index (χ1) is 15.4. The quantitative estimate of drug-likeness (QED) is 0.387. The van der Waals surface area contributed by atoms with E-state index in [1.54, 1.807) is 4.52 Å². The number of hydrogen-bond acceptors (Lipinski definition) is 4. The van der Waals surface area contributed by atoms with E-state index in [0.717, 1.165) is 27.9 Å². The number of H-pyrrole nitrogens is 2. The molecule has 2 aromatic carbocycles. The van der Waals surface area contributed by atoms with Crippen LogP contribution in [0.2, 0.25) is 5.02 Å². The first-order valence-electron chi connectivity index (χ1n) is 10.0. The molecule has 0 spiro atoms. The number of carbonyl (C=O) groups excluding carboxylic acids is 1. The van der Waals surface area contributed by atoms with Crippen LogP contribution in [0.25, 0.3) is 28.1 Å². The second kappa shape index (κ2) is 7.65. The van der Waals surface area contributed by atoms with Gasteiger partial charge in [-0.1, -0.05) is 23.7 Å². The molecule has 9 heteroatoms. The molecule has 0 radical (unpaired) electrons. The normalized spacial score (nSPS) is 11.3. The van der Waals surface area contributed by atoms with E-state index in [0.29, 0.717) is 27.9 Å². The van der Waals surface area contributed by atoms with Crippen molar-refractivity contribution in [2.75, 3.05) is 5.32 Å². The van der Waals surface area contributed by atoms with Gasteiger partial charge >= 0.3 is 0 Å². The fourth-order valence-corrected chi connectivity index (χ4v) is 4.07. The molecule has 0 fully saturated rings. The lowest BCUT2D eigenvalue weighted by Gasteiger charge is -2.11. The first kappa shape index (κ1) is 20.0. The third-order valence-corrected chi connectivity index (χ3v) is 5.76. The van der Waals surface area contributed by atoms with E-state index in [2.05, 4.69) is 25.4 Å². The Bertz CT molecular complexity index is 1560. The van der Waals surface area contributed by atoms with Crippen LogP contribution < -0.4 is 10.9 Å². The van der Waals surface area contributed by atoms with Gasteiger partial charge < -0.3 is 10.3 Å². The Morgan fingerprint density at radius 3 is 2.75 bits per heavy atom. The largest absolute Gasteiger partial charge is 0.338 e. The van der Waals surface area contributed by atoms with Crippen LogP contribution in [0, 0.1) is 13.8 Å². The molecule has 0 aliphatic rings. The minimum atomic E-state index is -0.231. The number of anilines is 1. The van der Waals surface area contributed by atoms with E-state index >= 15 is 0 Å². The molecule has 1 amide bonds. The predicted molar refractivity (Wildman–Crippen MR) is 124 cm³/mol. The minimum Gasteiger partial charge on any atom is -0.338 e. The summed E-state index contributed by atoms with van der Waals surface area (Å²) in [4.78, 5) is 36.7. The van der Waals surface area contributed by atoms with Crippen molar-refractivity contribution in [3.05, 3.63) is 80.9 Å². The maximum absolute atomic E-state index is 12.8. The molecule has 8 nitrogen and oxygen atoms in total. The number of nitrogens with zero attached hydrogens (tertiary/aromatic N) is 3. The lowest BCUT2D eigenvalue weighted by atomic mass is 10.1. The van der Waals surface area contributed by atoms with Gasteiger partial charge in [0, 0.05) is 34.3 Å². The molecule has 0 bridgehead atoms.